The van der Waals surface area contributed by atoms with Crippen molar-refractivity contribution in [2.75, 3.05) is 26.7 Å². The maximum absolute atomic E-state index is 10.3. The Kier molecular flexibility index (Phi) is 9.03. The van der Waals surface area contributed by atoms with Crippen molar-refractivity contribution in [2.24, 2.45) is 5.73 Å². The highest BCUT2D eigenvalue weighted by Gasteiger charge is 1.92. The highest BCUT2D eigenvalue weighted by Crippen LogP contribution is 1.91. The quantitative estimate of drug-likeness (QED) is 0.439. The lowest BCUT2D eigenvalue weighted by Gasteiger charge is -2.02. The molecule has 0 fully saturated rings. The monoisotopic (exact) mass is 187 g/mol. The van der Waals surface area contributed by atoms with E-state index in [2.05, 4.69) is 10.6 Å². The number of unbranched alkanes of at least 4 members (excludes halogenated alkanes) is 2. The van der Waals surface area contributed by atoms with Crippen molar-refractivity contribution in [3.05, 3.63) is 0 Å². The Morgan fingerprint density at radius 1 is 1.15 bits per heavy atom. The Hall–Kier alpha value is -0.610. The molecule has 0 saturated carbocycles. The number of nitrogens with two attached hydrogens (primary N) is 1. The Bertz CT molecular complexity index is 128. The summed E-state index contributed by atoms with van der Waals surface area (Å²) in [6, 6.07) is 0. The minimum absolute atomic E-state index is 0.234. The SMILES string of the molecule is CNCCCCCNCCC(N)=O. The van der Waals surface area contributed by atoms with E-state index in [1.54, 1.807) is 0 Å². The van der Waals surface area contributed by atoms with E-state index in [1.165, 1.54) is 19.3 Å². The van der Waals surface area contributed by atoms with E-state index in [0.717, 1.165) is 13.1 Å². The second-order valence-corrected chi connectivity index (χ2v) is 3.13. The number of hydrogen-bond acceptors (Lipinski definition) is 3. The standard InChI is InChI=1S/C9H21N3O/c1-11-6-3-2-4-7-12-8-5-9(10)13/h11-12H,2-8H2,1H3,(H2,10,13). The number of hydrogen-bond donors (Lipinski definition) is 3. The molecule has 0 rings (SSSR count). The fourth-order valence-electron chi connectivity index (χ4n) is 1.07. The van der Waals surface area contributed by atoms with Crippen LogP contribution in [0.3, 0.4) is 0 Å². The van der Waals surface area contributed by atoms with Gasteiger partial charge in [-0.2, -0.15) is 0 Å². The molecule has 0 aromatic heterocycles. The molecule has 0 aliphatic carbocycles. The fraction of sp³-hybridized carbons (Fsp3) is 0.889. The maximum Gasteiger partial charge on any atom is 0.218 e. The molecule has 78 valence electrons. The molecule has 0 spiro atoms. The first-order valence-corrected chi connectivity index (χ1v) is 4.91. The van der Waals surface area contributed by atoms with Crippen molar-refractivity contribution in [2.45, 2.75) is 25.7 Å². The molecule has 0 aromatic carbocycles. The van der Waals surface area contributed by atoms with Gasteiger partial charge in [-0.1, -0.05) is 6.42 Å². The molecule has 0 heterocycles. The third-order valence-corrected chi connectivity index (χ3v) is 1.83. The van der Waals surface area contributed by atoms with Crippen LogP contribution in [0.25, 0.3) is 0 Å². The lowest BCUT2D eigenvalue weighted by Crippen LogP contribution is -2.22. The van der Waals surface area contributed by atoms with E-state index < -0.39 is 0 Å². The second-order valence-electron chi connectivity index (χ2n) is 3.13. The van der Waals surface area contributed by atoms with E-state index in [-0.39, 0.29) is 5.91 Å². The van der Waals surface area contributed by atoms with Crippen LogP contribution in [0.4, 0.5) is 0 Å². The first kappa shape index (κ1) is 12.4. The predicted octanol–water partition coefficient (Wildman–Crippen LogP) is -0.159. The molecule has 13 heavy (non-hydrogen) atoms. The molecule has 0 unspecified atom stereocenters. The number of rotatable bonds is 9. The number of nitrogens with one attached hydrogen (secondary N) is 2. The van der Waals surface area contributed by atoms with E-state index in [9.17, 15) is 4.79 Å². The van der Waals surface area contributed by atoms with Gasteiger partial charge in [-0.25, -0.2) is 0 Å². The summed E-state index contributed by atoms with van der Waals surface area (Å²) in [4.78, 5) is 10.3. The van der Waals surface area contributed by atoms with Crippen LogP contribution < -0.4 is 16.4 Å². The first-order chi connectivity index (χ1) is 6.27. The topological polar surface area (TPSA) is 67.2 Å². The largest absolute Gasteiger partial charge is 0.370 e. The summed E-state index contributed by atoms with van der Waals surface area (Å²) in [5, 5.41) is 6.28. The highest BCUT2D eigenvalue weighted by molar-refractivity contribution is 5.73. The molecule has 4 heteroatoms. The van der Waals surface area contributed by atoms with Crippen LogP contribution in [-0.4, -0.2) is 32.6 Å². The summed E-state index contributed by atoms with van der Waals surface area (Å²) in [7, 11) is 1.96. The van der Waals surface area contributed by atoms with Gasteiger partial charge in [0.25, 0.3) is 0 Å². The van der Waals surface area contributed by atoms with Crippen molar-refractivity contribution in [3.8, 4) is 0 Å². The zero-order chi connectivity index (χ0) is 9.94. The summed E-state index contributed by atoms with van der Waals surface area (Å²) in [5.74, 6) is -0.234. The van der Waals surface area contributed by atoms with Crippen molar-refractivity contribution in [1.82, 2.24) is 10.6 Å². The Balaban J connectivity index is 2.87. The molecular weight excluding hydrogens is 166 g/mol. The van der Waals surface area contributed by atoms with Crippen LogP contribution in [-0.2, 0) is 4.79 Å². The first-order valence-electron chi connectivity index (χ1n) is 4.91. The van der Waals surface area contributed by atoms with E-state index in [1.807, 2.05) is 7.05 Å². The molecule has 0 atom stereocenters. The Morgan fingerprint density at radius 2 is 1.85 bits per heavy atom. The van der Waals surface area contributed by atoms with Crippen molar-refractivity contribution in [3.63, 3.8) is 0 Å². The van der Waals surface area contributed by atoms with E-state index in [0.29, 0.717) is 13.0 Å². The average molecular weight is 187 g/mol. The smallest absolute Gasteiger partial charge is 0.218 e. The molecule has 4 nitrogen and oxygen atoms in total. The number of primary amides is 1. The highest BCUT2D eigenvalue weighted by atomic mass is 16.1. The van der Waals surface area contributed by atoms with Gasteiger partial charge in [0.1, 0.15) is 0 Å². The average Bonchev–Trinajstić information content (AvgIpc) is 2.09. The van der Waals surface area contributed by atoms with Crippen LogP contribution >= 0.6 is 0 Å². The lowest BCUT2D eigenvalue weighted by molar-refractivity contribution is -0.117. The molecule has 0 bridgehead atoms. The Labute approximate surface area is 80.3 Å². The molecule has 0 aliphatic heterocycles. The van der Waals surface area contributed by atoms with Gasteiger partial charge in [0, 0.05) is 13.0 Å². The molecule has 0 radical (unpaired) electrons. The minimum atomic E-state index is -0.234. The minimum Gasteiger partial charge on any atom is -0.370 e. The molecule has 0 aliphatic rings. The van der Waals surface area contributed by atoms with Gasteiger partial charge < -0.3 is 16.4 Å². The number of carbonyl (C=O) groups is 1. The van der Waals surface area contributed by atoms with Crippen LogP contribution in [0, 0.1) is 0 Å². The van der Waals surface area contributed by atoms with Gasteiger partial charge in [-0.3, -0.25) is 4.79 Å². The fourth-order valence-corrected chi connectivity index (χ4v) is 1.07. The predicted molar refractivity (Wildman–Crippen MR) is 54.5 cm³/mol. The van der Waals surface area contributed by atoms with E-state index >= 15 is 0 Å². The summed E-state index contributed by atoms with van der Waals surface area (Å²) >= 11 is 0. The zero-order valence-corrected chi connectivity index (χ0v) is 8.44. The maximum atomic E-state index is 10.3. The van der Waals surface area contributed by atoms with Crippen LogP contribution in [0.5, 0.6) is 0 Å². The molecule has 0 aromatic rings. The van der Waals surface area contributed by atoms with Gasteiger partial charge in [-0.15, -0.1) is 0 Å². The normalized spacial score (nSPS) is 10.2. The van der Waals surface area contributed by atoms with Crippen LogP contribution in [0.1, 0.15) is 25.7 Å². The molecular formula is C9H21N3O. The van der Waals surface area contributed by atoms with Gasteiger partial charge >= 0.3 is 0 Å². The van der Waals surface area contributed by atoms with Crippen LogP contribution in [0.2, 0.25) is 0 Å². The van der Waals surface area contributed by atoms with E-state index in [4.69, 9.17) is 5.73 Å². The number of amides is 1. The third-order valence-electron chi connectivity index (χ3n) is 1.83. The molecule has 1 amide bonds. The summed E-state index contributed by atoms with van der Waals surface area (Å²) in [6.07, 6.45) is 4.05. The second kappa shape index (κ2) is 9.48. The lowest BCUT2D eigenvalue weighted by atomic mass is 10.2. The van der Waals surface area contributed by atoms with Crippen molar-refractivity contribution in [1.29, 1.82) is 0 Å². The van der Waals surface area contributed by atoms with Gasteiger partial charge in [0.2, 0.25) is 5.91 Å². The zero-order valence-electron chi connectivity index (χ0n) is 8.44. The third kappa shape index (κ3) is 11.4. The van der Waals surface area contributed by atoms with Gasteiger partial charge in [0.15, 0.2) is 0 Å². The number of carbonyl (C=O) groups excluding carboxylic acids is 1. The van der Waals surface area contributed by atoms with Gasteiger partial charge in [0.05, 0.1) is 0 Å². The summed E-state index contributed by atoms with van der Waals surface area (Å²) in [5.41, 5.74) is 4.99. The van der Waals surface area contributed by atoms with Crippen molar-refractivity contribution < 1.29 is 4.79 Å². The Morgan fingerprint density at radius 3 is 2.46 bits per heavy atom. The van der Waals surface area contributed by atoms with Gasteiger partial charge in [-0.05, 0) is 33.0 Å². The summed E-state index contributed by atoms with van der Waals surface area (Å²) in [6.45, 7) is 2.78. The summed E-state index contributed by atoms with van der Waals surface area (Å²) < 4.78 is 0. The van der Waals surface area contributed by atoms with Crippen LogP contribution in [0.15, 0.2) is 0 Å². The molecule has 0 saturated heterocycles. The molecule has 4 N–H and O–H groups in total. The van der Waals surface area contributed by atoms with Crippen molar-refractivity contribution >= 4 is 5.91 Å².